The second-order valence-electron chi connectivity index (χ2n) is 6.96. The Morgan fingerprint density at radius 1 is 1.26 bits per heavy atom. The van der Waals surface area contributed by atoms with E-state index in [1.807, 2.05) is 0 Å². The van der Waals surface area contributed by atoms with Gasteiger partial charge in [-0.2, -0.15) is 0 Å². The lowest BCUT2D eigenvalue weighted by atomic mass is 9.71. The van der Waals surface area contributed by atoms with E-state index in [4.69, 9.17) is 4.74 Å². The van der Waals surface area contributed by atoms with Crippen molar-refractivity contribution in [3.05, 3.63) is 0 Å². The molecule has 0 bridgehead atoms. The van der Waals surface area contributed by atoms with Crippen LogP contribution < -0.4 is 5.32 Å². The van der Waals surface area contributed by atoms with Gasteiger partial charge in [0.15, 0.2) is 0 Å². The van der Waals surface area contributed by atoms with E-state index in [0.29, 0.717) is 18.6 Å². The predicted octanol–water partition coefficient (Wildman–Crippen LogP) is 2.00. The summed E-state index contributed by atoms with van der Waals surface area (Å²) in [5.74, 6) is -0.0574. The van der Waals surface area contributed by atoms with Gasteiger partial charge in [0.25, 0.3) is 0 Å². The molecule has 0 aromatic heterocycles. The predicted molar refractivity (Wildman–Crippen MR) is 73.8 cm³/mol. The van der Waals surface area contributed by atoms with Crippen LogP contribution in [-0.2, 0) is 9.53 Å². The fraction of sp³-hybridized carbons (Fsp3) is 0.933. The summed E-state index contributed by atoms with van der Waals surface area (Å²) >= 11 is 0. The third kappa shape index (κ3) is 4.18. The van der Waals surface area contributed by atoms with Crippen LogP contribution in [0, 0.1) is 5.41 Å². The normalized spacial score (nSPS) is 29.7. The van der Waals surface area contributed by atoms with Gasteiger partial charge < -0.3 is 15.2 Å². The maximum Gasteiger partial charge on any atom is 0.249 e. The molecule has 1 heterocycles. The van der Waals surface area contributed by atoms with Crippen LogP contribution in [0.4, 0.5) is 0 Å². The third-order valence-corrected chi connectivity index (χ3v) is 4.60. The minimum Gasteiger partial charge on any atom is -0.388 e. The molecule has 1 saturated carbocycles. The molecule has 0 aromatic rings. The van der Waals surface area contributed by atoms with Crippen LogP contribution in [0.1, 0.15) is 58.8 Å². The van der Waals surface area contributed by atoms with Crippen molar-refractivity contribution in [3.8, 4) is 0 Å². The van der Waals surface area contributed by atoms with Gasteiger partial charge in [-0.05, 0) is 50.4 Å². The molecule has 19 heavy (non-hydrogen) atoms. The molecule has 4 heteroatoms. The van der Waals surface area contributed by atoms with Crippen LogP contribution in [0.15, 0.2) is 0 Å². The number of nitrogens with one attached hydrogen (secondary N) is 1. The van der Waals surface area contributed by atoms with Crippen molar-refractivity contribution in [2.75, 3.05) is 13.2 Å². The van der Waals surface area contributed by atoms with E-state index in [0.717, 1.165) is 44.9 Å². The van der Waals surface area contributed by atoms with E-state index in [2.05, 4.69) is 19.2 Å². The third-order valence-electron chi connectivity index (χ3n) is 4.60. The first kappa shape index (κ1) is 14.8. The largest absolute Gasteiger partial charge is 0.388 e. The highest BCUT2D eigenvalue weighted by atomic mass is 16.5. The van der Waals surface area contributed by atoms with Crippen molar-refractivity contribution in [3.63, 3.8) is 0 Å². The van der Waals surface area contributed by atoms with Gasteiger partial charge in [0.05, 0.1) is 5.60 Å². The average Bonchev–Trinajstić information content (AvgIpc) is 2.41. The van der Waals surface area contributed by atoms with Gasteiger partial charge in [0, 0.05) is 13.2 Å². The van der Waals surface area contributed by atoms with E-state index in [1.54, 1.807) is 0 Å². The summed E-state index contributed by atoms with van der Waals surface area (Å²) in [6, 6.07) is 0. The summed E-state index contributed by atoms with van der Waals surface area (Å²) in [4.78, 5) is 12.0. The number of ether oxygens (including phenoxy) is 1. The summed E-state index contributed by atoms with van der Waals surface area (Å²) in [5, 5.41) is 13.4. The van der Waals surface area contributed by atoms with Crippen molar-refractivity contribution < 1.29 is 14.6 Å². The zero-order chi connectivity index (χ0) is 13.9. The molecule has 110 valence electrons. The molecule has 1 aliphatic carbocycles. The summed E-state index contributed by atoms with van der Waals surface area (Å²) in [5.41, 5.74) is -0.400. The van der Waals surface area contributed by atoms with Crippen LogP contribution in [0.5, 0.6) is 0 Å². The maximum absolute atomic E-state index is 12.0. The topological polar surface area (TPSA) is 58.6 Å². The SMILES string of the molecule is CC1(C)CCC(O)(CNC(=O)C2CCCCO2)CC1. The first-order valence-electron chi connectivity index (χ1n) is 7.52. The smallest absolute Gasteiger partial charge is 0.249 e. The summed E-state index contributed by atoms with van der Waals surface area (Å²) < 4.78 is 5.45. The lowest BCUT2D eigenvalue weighted by molar-refractivity contribution is -0.137. The minimum atomic E-state index is -0.722. The Bertz CT molecular complexity index is 311. The molecule has 0 radical (unpaired) electrons. The van der Waals surface area contributed by atoms with Crippen LogP contribution >= 0.6 is 0 Å². The van der Waals surface area contributed by atoms with Crippen molar-refractivity contribution in [1.82, 2.24) is 5.32 Å². The second kappa shape index (κ2) is 5.80. The molecular formula is C15H27NO3. The van der Waals surface area contributed by atoms with Crippen LogP contribution in [0.3, 0.4) is 0 Å². The highest BCUT2D eigenvalue weighted by Gasteiger charge is 2.37. The van der Waals surface area contributed by atoms with E-state index in [9.17, 15) is 9.90 Å². The Labute approximate surface area is 115 Å². The Morgan fingerprint density at radius 2 is 1.95 bits per heavy atom. The zero-order valence-electron chi connectivity index (χ0n) is 12.2. The summed E-state index contributed by atoms with van der Waals surface area (Å²) in [6.07, 6.45) is 6.16. The Kier molecular flexibility index (Phi) is 4.51. The zero-order valence-corrected chi connectivity index (χ0v) is 12.2. The number of carbonyl (C=O) groups is 1. The van der Waals surface area contributed by atoms with Crippen molar-refractivity contribution in [1.29, 1.82) is 0 Å². The maximum atomic E-state index is 12.0. The molecule has 0 aromatic carbocycles. The monoisotopic (exact) mass is 269 g/mol. The van der Waals surface area contributed by atoms with E-state index in [1.165, 1.54) is 0 Å². The number of hydrogen-bond donors (Lipinski definition) is 2. The van der Waals surface area contributed by atoms with Gasteiger partial charge in [-0.25, -0.2) is 0 Å². The summed E-state index contributed by atoms with van der Waals surface area (Å²) in [7, 11) is 0. The van der Waals surface area contributed by atoms with Gasteiger partial charge >= 0.3 is 0 Å². The van der Waals surface area contributed by atoms with Gasteiger partial charge in [0.1, 0.15) is 6.10 Å². The lowest BCUT2D eigenvalue weighted by Gasteiger charge is -2.40. The molecule has 2 rings (SSSR count). The van der Waals surface area contributed by atoms with E-state index in [-0.39, 0.29) is 12.0 Å². The highest BCUT2D eigenvalue weighted by molar-refractivity contribution is 5.80. The first-order valence-corrected chi connectivity index (χ1v) is 7.52. The van der Waals surface area contributed by atoms with E-state index >= 15 is 0 Å². The molecule has 1 atom stereocenters. The first-order chi connectivity index (χ1) is 8.90. The van der Waals surface area contributed by atoms with Crippen molar-refractivity contribution in [2.45, 2.75) is 70.5 Å². The molecular weight excluding hydrogens is 242 g/mol. The minimum absolute atomic E-state index is 0.0574. The fourth-order valence-corrected chi connectivity index (χ4v) is 2.88. The fourth-order valence-electron chi connectivity index (χ4n) is 2.88. The Balaban J connectivity index is 1.76. The molecule has 2 N–H and O–H groups in total. The van der Waals surface area contributed by atoms with Crippen LogP contribution in [0.2, 0.25) is 0 Å². The van der Waals surface area contributed by atoms with Gasteiger partial charge in [-0.3, -0.25) is 4.79 Å². The lowest BCUT2D eigenvalue weighted by Crippen LogP contribution is -2.49. The molecule has 1 amide bonds. The highest BCUT2D eigenvalue weighted by Crippen LogP contribution is 2.39. The number of hydrogen-bond acceptors (Lipinski definition) is 3. The van der Waals surface area contributed by atoms with Crippen molar-refractivity contribution >= 4 is 5.91 Å². The van der Waals surface area contributed by atoms with Crippen LogP contribution in [-0.4, -0.2) is 35.9 Å². The molecule has 2 aliphatic rings. The standard InChI is InChI=1S/C15H27NO3/c1-14(2)6-8-15(18,9-7-14)11-16-13(17)12-5-3-4-10-19-12/h12,18H,3-11H2,1-2H3,(H,16,17). The molecule has 2 fully saturated rings. The van der Waals surface area contributed by atoms with Gasteiger partial charge in [0.2, 0.25) is 5.91 Å². The molecule has 1 aliphatic heterocycles. The average molecular weight is 269 g/mol. The molecule has 1 unspecified atom stereocenters. The van der Waals surface area contributed by atoms with Gasteiger partial charge in [-0.15, -0.1) is 0 Å². The number of aliphatic hydroxyl groups is 1. The number of amides is 1. The molecule has 4 nitrogen and oxygen atoms in total. The van der Waals surface area contributed by atoms with Crippen molar-refractivity contribution in [2.24, 2.45) is 5.41 Å². The molecule has 1 saturated heterocycles. The second-order valence-corrected chi connectivity index (χ2v) is 6.96. The van der Waals surface area contributed by atoms with Crippen LogP contribution in [0.25, 0.3) is 0 Å². The number of carbonyl (C=O) groups excluding carboxylic acids is 1. The Morgan fingerprint density at radius 3 is 2.53 bits per heavy atom. The quantitative estimate of drug-likeness (QED) is 0.824. The summed E-state index contributed by atoms with van der Waals surface area (Å²) in [6.45, 7) is 5.51. The number of rotatable bonds is 3. The van der Waals surface area contributed by atoms with E-state index < -0.39 is 5.60 Å². The molecule has 0 spiro atoms. The Hall–Kier alpha value is -0.610. The van der Waals surface area contributed by atoms with Gasteiger partial charge in [-0.1, -0.05) is 13.8 Å².